The lowest BCUT2D eigenvalue weighted by Crippen LogP contribution is -2.14. The number of ether oxygens (including phenoxy) is 2. The Morgan fingerprint density at radius 1 is 1.24 bits per heavy atom. The summed E-state index contributed by atoms with van der Waals surface area (Å²) in [5, 5.41) is 11.8. The Morgan fingerprint density at radius 3 is 2.76 bits per heavy atom. The van der Waals surface area contributed by atoms with Crippen LogP contribution < -0.4 is 10.1 Å². The summed E-state index contributed by atoms with van der Waals surface area (Å²) in [6, 6.07) is 9.87. The third-order valence-corrected chi connectivity index (χ3v) is 3.55. The maximum absolute atomic E-state index is 12.4. The smallest absolute Gasteiger partial charge is 0.310 e. The highest BCUT2D eigenvalue weighted by Gasteiger charge is 2.14. The molecule has 1 aromatic heterocycles. The number of anilines is 1. The van der Waals surface area contributed by atoms with Crippen LogP contribution in [-0.4, -0.2) is 42.3 Å². The number of benzene rings is 1. The first-order chi connectivity index (χ1) is 12.0. The van der Waals surface area contributed by atoms with E-state index < -0.39 is 11.9 Å². The summed E-state index contributed by atoms with van der Waals surface area (Å²) in [6.45, 7) is 2.35. The molecule has 2 aromatic rings. The summed E-state index contributed by atoms with van der Waals surface area (Å²) in [5.41, 5.74) is 1.52. The first-order valence-corrected chi connectivity index (χ1v) is 7.73. The van der Waals surface area contributed by atoms with Gasteiger partial charge in [-0.1, -0.05) is 12.1 Å². The van der Waals surface area contributed by atoms with E-state index in [-0.39, 0.29) is 5.91 Å². The number of hydrogen-bond donors (Lipinski definition) is 2. The van der Waals surface area contributed by atoms with Gasteiger partial charge in [0.1, 0.15) is 6.61 Å². The van der Waals surface area contributed by atoms with E-state index >= 15 is 0 Å². The minimum atomic E-state index is -0.921. The van der Waals surface area contributed by atoms with Gasteiger partial charge in [0.15, 0.2) is 0 Å². The first kappa shape index (κ1) is 18.4. The fourth-order valence-electron chi connectivity index (χ4n) is 2.09. The van der Waals surface area contributed by atoms with Crippen molar-refractivity contribution >= 4 is 17.6 Å². The number of nitrogens with zero attached hydrogens (tertiary/aromatic N) is 1. The van der Waals surface area contributed by atoms with Crippen LogP contribution in [0.25, 0.3) is 0 Å². The van der Waals surface area contributed by atoms with Gasteiger partial charge in [0, 0.05) is 30.6 Å². The number of amides is 1. The average Bonchev–Trinajstić information content (AvgIpc) is 2.61. The molecule has 1 atom stereocenters. The fourth-order valence-corrected chi connectivity index (χ4v) is 2.09. The van der Waals surface area contributed by atoms with Gasteiger partial charge in [0.05, 0.1) is 12.5 Å². The first-order valence-electron chi connectivity index (χ1n) is 7.73. The van der Waals surface area contributed by atoms with Crippen molar-refractivity contribution in [1.29, 1.82) is 0 Å². The van der Waals surface area contributed by atoms with Crippen LogP contribution >= 0.6 is 0 Å². The molecule has 2 rings (SSSR count). The quantitative estimate of drug-likeness (QED) is 0.714. The van der Waals surface area contributed by atoms with Crippen LogP contribution in [0.4, 0.5) is 5.69 Å². The number of pyridine rings is 1. The molecule has 0 saturated carbocycles. The molecule has 0 bridgehead atoms. The van der Waals surface area contributed by atoms with Gasteiger partial charge in [-0.2, -0.15) is 0 Å². The molecule has 132 valence electrons. The maximum atomic E-state index is 12.4. The summed E-state index contributed by atoms with van der Waals surface area (Å²) < 4.78 is 10.3. The predicted molar refractivity (Wildman–Crippen MR) is 92.1 cm³/mol. The van der Waals surface area contributed by atoms with Crippen molar-refractivity contribution in [3.05, 3.63) is 53.7 Å². The van der Waals surface area contributed by atoms with E-state index in [9.17, 15) is 9.59 Å². The second kappa shape index (κ2) is 8.79. The third kappa shape index (κ3) is 5.29. The number of nitrogens with one attached hydrogen (secondary N) is 1. The Hall–Kier alpha value is -2.93. The molecule has 2 N–H and O–H groups in total. The molecule has 7 nitrogen and oxygen atoms in total. The van der Waals surface area contributed by atoms with Gasteiger partial charge in [0.2, 0.25) is 5.88 Å². The van der Waals surface area contributed by atoms with Crippen LogP contribution in [0.1, 0.15) is 28.8 Å². The SMILES string of the molecule is COCCOc1cc(C(=O)Nc2cccc(C(C)C(=O)O)c2)ccn1. The van der Waals surface area contributed by atoms with Crippen molar-refractivity contribution in [2.24, 2.45) is 0 Å². The summed E-state index contributed by atoms with van der Waals surface area (Å²) in [4.78, 5) is 27.5. The van der Waals surface area contributed by atoms with E-state index in [2.05, 4.69) is 10.3 Å². The average molecular weight is 344 g/mol. The molecule has 0 spiro atoms. The molecule has 0 fully saturated rings. The van der Waals surface area contributed by atoms with Crippen molar-refractivity contribution in [2.45, 2.75) is 12.8 Å². The van der Waals surface area contributed by atoms with Crippen molar-refractivity contribution in [3.63, 3.8) is 0 Å². The molecule has 0 aliphatic heterocycles. The van der Waals surface area contributed by atoms with Crippen LogP contribution in [0.3, 0.4) is 0 Å². The van der Waals surface area contributed by atoms with Crippen molar-refractivity contribution in [1.82, 2.24) is 4.98 Å². The van der Waals surface area contributed by atoms with E-state index in [0.717, 1.165) is 0 Å². The van der Waals surface area contributed by atoms with Gasteiger partial charge in [0.25, 0.3) is 5.91 Å². The number of aliphatic carboxylic acids is 1. The Bertz CT molecular complexity index is 748. The lowest BCUT2D eigenvalue weighted by Gasteiger charge is -2.11. The van der Waals surface area contributed by atoms with Gasteiger partial charge >= 0.3 is 5.97 Å². The number of carboxylic acid groups (broad SMARTS) is 1. The highest BCUT2D eigenvalue weighted by Crippen LogP contribution is 2.20. The highest BCUT2D eigenvalue weighted by molar-refractivity contribution is 6.04. The lowest BCUT2D eigenvalue weighted by molar-refractivity contribution is -0.138. The lowest BCUT2D eigenvalue weighted by atomic mass is 10.0. The largest absolute Gasteiger partial charge is 0.481 e. The molecule has 1 amide bonds. The van der Waals surface area contributed by atoms with Gasteiger partial charge in [-0.25, -0.2) is 4.98 Å². The van der Waals surface area contributed by atoms with Crippen molar-refractivity contribution in [3.8, 4) is 5.88 Å². The standard InChI is InChI=1S/C18H20N2O5/c1-12(18(22)23)13-4-3-5-15(10-13)20-17(21)14-6-7-19-16(11-14)25-9-8-24-2/h3-7,10-12H,8-9H2,1-2H3,(H,20,21)(H,22,23). The van der Waals surface area contributed by atoms with Gasteiger partial charge < -0.3 is 19.9 Å². The zero-order valence-corrected chi connectivity index (χ0v) is 14.1. The number of methoxy groups -OCH3 is 1. The van der Waals surface area contributed by atoms with E-state index in [1.807, 2.05) is 0 Å². The van der Waals surface area contributed by atoms with Crippen molar-refractivity contribution < 1.29 is 24.2 Å². The molecular formula is C18H20N2O5. The Morgan fingerprint density at radius 2 is 2.04 bits per heavy atom. The Balaban J connectivity index is 2.08. The number of aromatic nitrogens is 1. The van der Waals surface area contributed by atoms with Gasteiger partial charge in [-0.05, 0) is 30.7 Å². The van der Waals surface area contributed by atoms with E-state index in [1.54, 1.807) is 44.4 Å². The summed E-state index contributed by atoms with van der Waals surface area (Å²) in [5.74, 6) is -1.58. The Kier molecular flexibility index (Phi) is 6.47. The minimum absolute atomic E-state index is 0.331. The van der Waals surface area contributed by atoms with E-state index in [4.69, 9.17) is 14.6 Å². The zero-order valence-electron chi connectivity index (χ0n) is 14.1. The topological polar surface area (TPSA) is 97.8 Å². The molecule has 0 radical (unpaired) electrons. The molecule has 0 saturated heterocycles. The van der Waals surface area contributed by atoms with Crippen LogP contribution in [0, 0.1) is 0 Å². The third-order valence-electron chi connectivity index (χ3n) is 3.55. The summed E-state index contributed by atoms with van der Waals surface area (Å²) >= 11 is 0. The molecule has 25 heavy (non-hydrogen) atoms. The van der Waals surface area contributed by atoms with Crippen LogP contribution in [0.15, 0.2) is 42.6 Å². The number of hydrogen-bond acceptors (Lipinski definition) is 5. The monoisotopic (exact) mass is 344 g/mol. The highest BCUT2D eigenvalue weighted by atomic mass is 16.5. The second-order valence-electron chi connectivity index (χ2n) is 5.36. The molecule has 1 aromatic carbocycles. The van der Waals surface area contributed by atoms with Crippen molar-refractivity contribution in [2.75, 3.05) is 25.6 Å². The van der Waals surface area contributed by atoms with Crippen LogP contribution in [-0.2, 0) is 9.53 Å². The molecule has 1 heterocycles. The normalized spacial score (nSPS) is 11.6. The Labute approximate surface area is 145 Å². The number of carboxylic acids is 1. The number of rotatable bonds is 8. The van der Waals surface area contributed by atoms with Gasteiger partial charge in [-0.3, -0.25) is 9.59 Å². The van der Waals surface area contributed by atoms with Crippen LogP contribution in [0.2, 0.25) is 0 Å². The molecule has 1 unspecified atom stereocenters. The van der Waals surface area contributed by atoms with E-state index in [0.29, 0.717) is 35.9 Å². The molecule has 0 aliphatic rings. The second-order valence-corrected chi connectivity index (χ2v) is 5.36. The van der Waals surface area contributed by atoms with Crippen LogP contribution in [0.5, 0.6) is 5.88 Å². The molecular weight excluding hydrogens is 324 g/mol. The predicted octanol–water partition coefficient (Wildman–Crippen LogP) is 2.55. The molecule has 0 aliphatic carbocycles. The fraction of sp³-hybridized carbons (Fsp3) is 0.278. The summed E-state index contributed by atoms with van der Waals surface area (Å²) in [7, 11) is 1.57. The summed E-state index contributed by atoms with van der Waals surface area (Å²) in [6.07, 6.45) is 1.49. The zero-order chi connectivity index (χ0) is 18.2. The maximum Gasteiger partial charge on any atom is 0.310 e. The number of carbonyl (C=O) groups excluding carboxylic acids is 1. The van der Waals surface area contributed by atoms with E-state index in [1.165, 1.54) is 12.3 Å². The van der Waals surface area contributed by atoms with Gasteiger partial charge in [-0.15, -0.1) is 0 Å². The molecule has 7 heteroatoms. The number of carbonyl (C=O) groups is 2. The minimum Gasteiger partial charge on any atom is -0.481 e.